The van der Waals surface area contributed by atoms with Crippen LogP contribution in [0.15, 0.2) is 72.8 Å². The second kappa shape index (κ2) is 8.94. The standard InChI is InChI=1S/C24H21ClN2O2S/c1-2-16-6-5-7-19(14-16)27-22(28)15-30-24(27)17-10-12-18(13-11-17)26-23(29)20-8-3-4-9-21(20)25/h3-14,24H,2,15H2,1H3,(H,26,29)/t24-/m0/s1. The first kappa shape index (κ1) is 20.5. The number of carbonyl (C=O) groups is 2. The summed E-state index contributed by atoms with van der Waals surface area (Å²) in [7, 11) is 0. The van der Waals surface area contributed by atoms with E-state index in [-0.39, 0.29) is 17.2 Å². The molecular formula is C24H21ClN2O2S. The molecule has 1 heterocycles. The van der Waals surface area contributed by atoms with Crippen LogP contribution in [-0.4, -0.2) is 17.6 Å². The van der Waals surface area contributed by atoms with Gasteiger partial charge in [0.2, 0.25) is 5.91 Å². The average molecular weight is 437 g/mol. The zero-order chi connectivity index (χ0) is 21.1. The van der Waals surface area contributed by atoms with Gasteiger partial charge in [-0.25, -0.2) is 0 Å². The van der Waals surface area contributed by atoms with E-state index in [1.54, 1.807) is 36.0 Å². The SMILES string of the molecule is CCc1cccc(N2C(=O)CS[C@H]2c2ccc(NC(=O)c3ccccc3Cl)cc2)c1. The normalized spacial score (nSPS) is 16.0. The Hall–Kier alpha value is -2.76. The van der Waals surface area contributed by atoms with Crippen molar-refractivity contribution in [3.8, 4) is 0 Å². The number of nitrogens with one attached hydrogen (secondary N) is 1. The molecule has 2 amide bonds. The molecule has 0 unspecified atom stereocenters. The zero-order valence-corrected chi connectivity index (χ0v) is 18.0. The van der Waals surface area contributed by atoms with Crippen LogP contribution in [0.4, 0.5) is 11.4 Å². The van der Waals surface area contributed by atoms with E-state index in [2.05, 4.69) is 24.4 Å². The van der Waals surface area contributed by atoms with E-state index in [9.17, 15) is 9.59 Å². The molecule has 0 radical (unpaired) electrons. The Morgan fingerprint density at radius 2 is 1.87 bits per heavy atom. The van der Waals surface area contributed by atoms with Gasteiger partial charge in [0, 0.05) is 11.4 Å². The first-order chi connectivity index (χ1) is 14.6. The highest BCUT2D eigenvalue weighted by Gasteiger charge is 2.34. The molecule has 1 atom stereocenters. The summed E-state index contributed by atoms with van der Waals surface area (Å²) >= 11 is 7.72. The Labute approximate surface area is 185 Å². The molecule has 1 saturated heterocycles. The average Bonchev–Trinajstić information content (AvgIpc) is 3.16. The maximum absolute atomic E-state index is 12.6. The van der Waals surface area contributed by atoms with Crippen molar-refractivity contribution >= 4 is 46.6 Å². The monoisotopic (exact) mass is 436 g/mol. The van der Waals surface area contributed by atoms with Crippen molar-refractivity contribution in [1.29, 1.82) is 0 Å². The number of hydrogen-bond donors (Lipinski definition) is 1. The van der Waals surface area contributed by atoms with Crippen LogP contribution in [0.5, 0.6) is 0 Å². The van der Waals surface area contributed by atoms with Crippen LogP contribution >= 0.6 is 23.4 Å². The fourth-order valence-electron chi connectivity index (χ4n) is 3.45. The summed E-state index contributed by atoms with van der Waals surface area (Å²) in [5.41, 5.74) is 4.25. The molecule has 1 aliphatic rings. The molecule has 0 saturated carbocycles. The van der Waals surface area contributed by atoms with Gasteiger partial charge in [0.1, 0.15) is 5.37 Å². The van der Waals surface area contributed by atoms with E-state index in [0.717, 1.165) is 17.7 Å². The lowest BCUT2D eigenvalue weighted by Crippen LogP contribution is -2.27. The van der Waals surface area contributed by atoms with Crippen molar-refractivity contribution in [3.05, 3.63) is 94.5 Å². The first-order valence-corrected chi connectivity index (χ1v) is 11.2. The second-order valence-electron chi connectivity index (χ2n) is 7.01. The van der Waals surface area contributed by atoms with Crippen LogP contribution in [0.2, 0.25) is 5.02 Å². The molecule has 4 nitrogen and oxygen atoms in total. The molecule has 0 bridgehead atoms. The van der Waals surface area contributed by atoms with Crippen LogP contribution in [0.3, 0.4) is 0 Å². The number of anilines is 2. The van der Waals surface area contributed by atoms with Crippen LogP contribution < -0.4 is 10.2 Å². The van der Waals surface area contributed by atoms with E-state index in [4.69, 9.17) is 11.6 Å². The third-order valence-corrected chi connectivity index (χ3v) is 6.58. The summed E-state index contributed by atoms with van der Waals surface area (Å²) in [5.74, 6) is 0.303. The van der Waals surface area contributed by atoms with Gasteiger partial charge in [-0.15, -0.1) is 11.8 Å². The molecule has 3 aromatic carbocycles. The van der Waals surface area contributed by atoms with Crippen molar-refractivity contribution in [2.24, 2.45) is 0 Å². The molecule has 0 spiro atoms. The molecule has 3 aromatic rings. The maximum Gasteiger partial charge on any atom is 0.257 e. The minimum absolute atomic E-state index is 0.0853. The van der Waals surface area contributed by atoms with E-state index in [1.165, 1.54) is 5.56 Å². The summed E-state index contributed by atoms with van der Waals surface area (Å²) in [6.07, 6.45) is 0.924. The van der Waals surface area contributed by atoms with Crippen molar-refractivity contribution in [2.45, 2.75) is 18.7 Å². The number of hydrogen-bond acceptors (Lipinski definition) is 3. The molecule has 1 aliphatic heterocycles. The first-order valence-electron chi connectivity index (χ1n) is 9.75. The molecular weight excluding hydrogens is 416 g/mol. The Morgan fingerprint density at radius 1 is 1.10 bits per heavy atom. The number of rotatable bonds is 5. The highest BCUT2D eigenvalue weighted by atomic mass is 35.5. The van der Waals surface area contributed by atoms with Gasteiger partial charge in [-0.3, -0.25) is 14.5 Å². The smallest absolute Gasteiger partial charge is 0.257 e. The number of halogens is 1. The minimum atomic E-state index is -0.253. The number of carbonyl (C=O) groups excluding carboxylic acids is 2. The van der Waals surface area contributed by atoms with E-state index < -0.39 is 0 Å². The van der Waals surface area contributed by atoms with Crippen molar-refractivity contribution in [2.75, 3.05) is 16.0 Å². The predicted molar refractivity (Wildman–Crippen MR) is 124 cm³/mol. The highest BCUT2D eigenvalue weighted by Crippen LogP contribution is 2.42. The molecule has 30 heavy (non-hydrogen) atoms. The zero-order valence-electron chi connectivity index (χ0n) is 16.5. The van der Waals surface area contributed by atoms with E-state index >= 15 is 0 Å². The summed E-state index contributed by atoms with van der Waals surface area (Å²) in [6, 6.07) is 22.7. The lowest BCUT2D eigenvalue weighted by Gasteiger charge is -2.25. The number of benzene rings is 3. The molecule has 0 aromatic heterocycles. The lowest BCUT2D eigenvalue weighted by atomic mass is 10.1. The fourth-order valence-corrected chi connectivity index (χ4v) is 4.85. The van der Waals surface area contributed by atoms with Crippen LogP contribution in [-0.2, 0) is 11.2 Å². The number of amides is 2. The molecule has 0 aliphatic carbocycles. The lowest BCUT2D eigenvalue weighted by molar-refractivity contribution is -0.115. The highest BCUT2D eigenvalue weighted by molar-refractivity contribution is 8.00. The molecule has 1 fully saturated rings. The van der Waals surface area contributed by atoms with Crippen LogP contribution in [0.1, 0.15) is 33.8 Å². The van der Waals surface area contributed by atoms with Crippen LogP contribution in [0.25, 0.3) is 0 Å². The third-order valence-electron chi connectivity index (χ3n) is 5.04. The quantitative estimate of drug-likeness (QED) is 0.539. The number of aryl methyl sites for hydroxylation is 1. The Bertz CT molecular complexity index is 1080. The Kier molecular flexibility index (Phi) is 6.11. The topological polar surface area (TPSA) is 49.4 Å². The van der Waals surface area contributed by atoms with E-state index in [1.807, 2.05) is 41.3 Å². The van der Waals surface area contributed by atoms with Gasteiger partial charge in [-0.05, 0) is 53.9 Å². The second-order valence-corrected chi connectivity index (χ2v) is 8.48. The molecule has 152 valence electrons. The minimum Gasteiger partial charge on any atom is -0.322 e. The molecule has 6 heteroatoms. The van der Waals surface area contributed by atoms with Gasteiger partial charge in [-0.2, -0.15) is 0 Å². The fraction of sp³-hybridized carbons (Fsp3) is 0.167. The van der Waals surface area contributed by atoms with Gasteiger partial charge in [-0.1, -0.05) is 54.9 Å². The van der Waals surface area contributed by atoms with Crippen LogP contribution in [0, 0.1) is 0 Å². The summed E-state index contributed by atoms with van der Waals surface area (Å²) in [5, 5.41) is 3.20. The van der Waals surface area contributed by atoms with Gasteiger partial charge in [0.05, 0.1) is 16.3 Å². The summed E-state index contributed by atoms with van der Waals surface area (Å²) < 4.78 is 0. The van der Waals surface area contributed by atoms with Gasteiger partial charge in [0.15, 0.2) is 0 Å². The van der Waals surface area contributed by atoms with E-state index in [0.29, 0.717) is 22.0 Å². The largest absolute Gasteiger partial charge is 0.322 e. The van der Waals surface area contributed by atoms with Gasteiger partial charge >= 0.3 is 0 Å². The maximum atomic E-state index is 12.6. The predicted octanol–water partition coefficient (Wildman–Crippen LogP) is 5.93. The molecule has 1 N–H and O–H groups in total. The third kappa shape index (κ3) is 4.23. The van der Waals surface area contributed by atoms with Crippen molar-refractivity contribution < 1.29 is 9.59 Å². The van der Waals surface area contributed by atoms with Gasteiger partial charge in [0.25, 0.3) is 5.91 Å². The number of nitrogens with zero attached hydrogens (tertiary/aromatic N) is 1. The Morgan fingerprint density at radius 3 is 2.60 bits per heavy atom. The summed E-state index contributed by atoms with van der Waals surface area (Å²) in [6.45, 7) is 2.10. The molecule has 4 rings (SSSR count). The Balaban J connectivity index is 1.53. The van der Waals surface area contributed by atoms with Crippen molar-refractivity contribution in [1.82, 2.24) is 0 Å². The summed E-state index contributed by atoms with van der Waals surface area (Å²) in [4.78, 5) is 26.9. The van der Waals surface area contributed by atoms with Gasteiger partial charge < -0.3 is 5.32 Å². The number of thioether (sulfide) groups is 1. The van der Waals surface area contributed by atoms with Crippen molar-refractivity contribution in [3.63, 3.8) is 0 Å².